The predicted molar refractivity (Wildman–Crippen MR) is 40.4 cm³/mol. The highest BCUT2D eigenvalue weighted by atomic mass is 16.6. The van der Waals surface area contributed by atoms with Crippen LogP contribution in [0.3, 0.4) is 0 Å². The Hall–Kier alpha value is -1.58. The largest absolute Gasteiger partial charge is 0.380 e. The summed E-state index contributed by atoms with van der Waals surface area (Å²) in [6.07, 6.45) is 0. The Balaban J connectivity index is 2.57. The Morgan fingerprint density at radius 2 is 2.36 bits per heavy atom. The van der Waals surface area contributed by atoms with E-state index in [1.807, 2.05) is 6.07 Å². The van der Waals surface area contributed by atoms with Gasteiger partial charge in [0.25, 0.3) is 5.69 Å². The van der Waals surface area contributed by atoms with E-state index in [-0.39, 0.29) is 10.6 Å². The predicted octanol–water partition coefficient (Wildman–Crippen LogP) is 1.52. The van der Waals surface area contributed by atoms with E-state index in [4.69, 9.17) is 0 Å². The van der Waals surface area contributed by atoms with Gasteiger partial charge in [-0.2, -0.15) is 0 Å². The summed E-state index contributed by atoms with van der Waals surface area (Å²) in [6, 6.07) is 5.05. The molecule has 0 fully saturated rings. The second-order valence-corrected chi connectivity index (χ2v) is 2.41. The smallest absolute Gasteiger partial charge is 0.276 e. The third kappa shape index (κ3) is 0.756. The maximum absolute atomic E-state index is 10.4. The van der Waals surface area contributed by atoms with Crippen molar-refractivity contribution in [1.82, 2.24) is 0 Å². The van der Waals surface area contributed by atoms with Crippen LogP contribution in [-0.2, 0) is 6.54 Å². The Labute approximate surface area is 63.0 Å². The highest BCUT2D eigenvalue weighted by molar-refractivity contribution is 5.67. The summed E-state index contributed by atoms with van der Waals surface area (Å²) in [5.41, 5.74) is 1.93. The second kappa shape index (κ2) is 1.95. The Morgan fingerprint density at radius 1 is 1.55 bits per heavy atom. The molecule has 1 aliphatic heterocycles. The van der Waals surface area contributed by atoms with Gasteiger partial charge in [0.1, 0.15) is 0 Å². The summed E-state index contributed by atoms with van der Waals surface area (Å²) in [4.78, 5) is 10.0. The van der Waals surface area contributed by atoms with Gasteiger partial charge in [-0.05, 0) is 6.07 Å². The zero-order chi connectivity index (χ0) is 7.84. The standard InChI is InChI=1S/C7H6N2O2/c10-9(11)7-3-1-2-6-5(7)4-8-6/h1-3,8H,4H2. The molecule has 0 atom stereocenters. The third-order valence-electron chi connectivity index (χ3n) is 1.80. The van der Waals surface area contributed by atoms with E-state index in [9.17, 15) is 10.1 Å². The molecule has 11 heavy (non-hydrogen) atoms. The highest BCUT2D eigenvalue weighted by Crippen LogP contribution is 2.33. The topological polar surface area (TPSA) is 55.2 Å². The SMILES string of the molecule is O=[N+]([O-])c1cccc2c1CN2. The molecule has 0 aromatic heterocycles. The van der Waals surface area contributed by atoms with Crippen LogP contribution in [0.4, 0.5) is 11.4 Å². The van der Waals surface area contributed by atoms with E-state index in [0.29, 0.717) is 6.54 Å². The molecule has 0 saturated heterocycles. The van der Waals surface area contributed by atoms with Gasteiger partial charge in [-0.15, -0.1) is 0 Å². The number of nitro benzene ring substituents is 1. The zero-order valence-electron chi connectivity index (χ0n) is 5.70. The fraction of sp³-hybridized carbons (Fsp3) is 0.143. The van der Waals surface area contributed by atoms with E-state index in [1.165, 1.54) is 6.07 Å². The molecule has 56 valence electrons. The summed E-state index contributed by atoms with van der Waals surface area (Å²) in [7, 11) is 0. The number of hydrogen-bond acceptors (Lipinski definition) is 3. The number of hydrogen-bond donors (Lipinski definition) is 1. The molecule has 0 unspecified atom stereocenters. The van der Waals surface area contributed by atoms with Crippen molar-refractivity contribution >= 4 is 11.4 Å². The number of fused-ring (bicyclic) bond motifs is 1. The average Bonchev–Trinajstić information content (AvgIpc) is 1.90. The van der Waals surface area contributed by atoms with E-state index in [0.717, 1.165) is 11.3 Å². The molecule has 1 aromatic carbocycles. The van der Waals surface area contributed by atoms with Gasteiger partial charge in [-0.3, -0.25) is 10.1 Å². The van der Waals surface area contributed by atoms with E-state index < -0.39 is 0 Å². The summed E-state index contributed by atoms with van der Waals surface area (Å²) in [6.45, 7) is 0.618. The minimum Gasteiger partial charge on any atom is -0.380 e. The van der Waals surface area contributed by atoms with Crippen LogP contribution in [0.15, 0.2) is 18.2 Å². The summed E-state index contributed by atoms with van der Waals surface area (Å²) < 4.78 is 0. The number of nitrogens with zero attached hydrogens (tertiary/aromatic N) is 1. The van der Waals surface area contributed by atoms with Crippen molar-refractivity contribution in [1.29, 1.82) is 0 Å². The molecule has 2 rings (SSSR count). The number of nitrogens with one attached hydrogen (secondary N) is 1. The summed E-state index contributed by atoms with van der Waals surface area (Å²) >= 11 is 0. The number of nitro groups is 1. The van der Waals surface area contributed by atoms with Gasteiger partial charge in [-0.1, -0.05) is 6.07 Å². The fourth-order valence-electron chi connectivity index (χ4n) is 1.17. The Morgan fingerprint density at radius 3 is 2.82 bits per heavy atom. The average molecular weight is 150 g/mol. The normalized spacial score (nSPS) is 12.7. The van der Waals surface area contributed by atoms with Gasteiger partial charge in [0.15, 0.2) is 0 Å². The van der Waals surface area contributed by atoms with Crippen molar-refractivity contribution in [2.45, 2.75) is 6.54 Å². The van der Waals surface area contributed by atoms with Crippen LogP contribution in [0.2, 0.25) is 0 Å². The molecule has 1 heterocycles. The molecule has 0 amide bonds. The Bertz CT molecular complexity index is 322. The maximum Gasteiger partial charge on any atom is 0.276 e. The van der Waals surface area contributed by atoms with Crippen LogP contribution in [0.1, 0.15) is 5.56 Å². The monoisotopic (exact) mass is 150 g/mol. The highest BCUT2D eigenvalue weighted by Gasteiger charge is 2.22. The van der Waals surface area contributed by atoms with Crippen LogP contribution < -0.4 is 5.32 Å². The molecule has 1 aromatic rings. The van der Waals surface area contributed by atoms with Crippen LogP contribution in [0, 0.1) is 10.1 Å². The van der Waals surface area contributed by atoms with E-state index in [2.05, 4.69) is 5.32 Å². The molecule has 0 spiro atoms. The maximum atomic E-state index is 10.4. The van der Waals surface area contributed by atoms with Gasteiger partial charge in [0, 0.05) is 18.3 Å². The van der Waals surface area contributed by atoms with Crippen molar-refractivity contribution in [2.24, 2.45) is 0 Å². The lowest BCUT2D eigenvalue weighted by molar-refractivity contribution is -0.385. The molecular formula is C7H6N2O2. The first kappa shape index (κ1) is 6.15. The molecule has 0 saturated carbocycles. The molecule has 1 aliphatic rings. The second-order valence-electron chi connectivity index (χ2n) is 2.41. The quantitative estimate of drug-likeness (QED) is 0.487. The van der Waals surface area contributed by atoms with Crippen molar-refractivity contribution in [3.63, 3.8) is 0 Å². The molecule has 0 aliphatic carbocycles. The number of benzene rings is 1. The lowest BCUT2D eigenvalue weighted by Crippen LogP contribution is -2.15. The van der Waals surface area contributed by atoms with E-state index in [1.54, 1.807) is 6.07 Å². The van der Waals surface area contributed by atoms with Crippen LogP contribution >= 0.6 is 0 Å². The lowest BCUT2D eigenvalue weighted by atomic mass is 10.1. The minimum atomic E-state index is -0.348. The van der Waals surface area contributed by atoms with Gasteiger partial charge in [0.05, 0.1) is 10.5 Å². The van der Waals surface area contributed by atoms with Crippen molar-refractivity contribution in [2.75, 3.05) is 5.32 Å². The molecule has 4 heteroatoms. The van der Waals surface area contributed by atoms with Crippen molar-refractivity contribution in [3.8, 4) is 0 Å². The molecule has 0 bridgehead atoms. The van der Waals surface area contributed by atoms with E-state index >= 15 is 0 Å². The zero-order valence-corrected chi connectivity index (χ0v) is 5.70. The molecule has 4 nitrogen and oxygen atoms in total. The van der Waals surface area contributed by atoms with Crippen LogP contribution in [-0.4, -0.2) is 4.92 Å². The summed E-state index contributed by atoms with van der Waals surface area (Å²) in [5.74, 6) is 0. The minimum absolute atomic E-state index is 0.223. The molecule has 0 radical (unpaired) electrons. The van der Waals surface area contributed by atoms with Crippen molar-refractivity contribution in [3.05, 3.63) is 33.9 Å². The van der Waals surface area contributed by atoms with Gasteiger partial charge in [0.2, 0.25) is 0 Å². The van der Waals surface area contributed by atoms with Crippen LogP contribution in [0.5, 0.6) is 0 Å². The lowest BCUT2D eigenvalue weighted by Gasteiger charge is -2.19. The fourth-order valence-corrected chi connectivity index (χ4v) is 1.17. The first-order valence-corrected chi connectivity index (χ1v) is 3.29. The van der Waals surface area contributed by atoms with Crippen molar-refractivity contribution < 1.29 is 4.92 Å². The number of anilines is 1. The number of rotatable bonds is 1. The van der Waals surface area contributed by atoms with Crippen LogP contribution in [0.25, 0.3) is 0 Å². The van der Waals surface area contributed by atoms with Gasteiger partial charge in [-0.25, -0.2) is 0 Å². The van der Waals surface area contributed by atoms with Gasteiger partial charge >= 0.3 is 0 Å². The first-order valence-electron chi connectivity index (χ1n) is 3.29. The first-order chi connectivity index (χ1) is 5.29. The molecule has 1 N–H and O–H groups in total. The third-order valence-corrected chi connectivity index (χ3v) is 1.80. The van der Waals surface area contributed by atoms with Gasteiger partial charge < -0.3 is 5.32 Å². The summed E-state index contributed by atoms with van der Waals surface area (Å²) in [5, 5.41) is 13.4. The molecular weight excluding hydrogens is 144 g/mol. The Kier molecular flexibility index (Phi) is 1.09.